The molecule has 1 heteroatoms. The van der Waals surface area contributed by atoms with Crippen LogP contribution in [0.3, 0.4) is 0 Å². The van der Waals surface area contributed by atoms with Gasteiger partial charge in [-0.05, 0) is 31.7 Å². The summed E-state index contributed by atoms with van der Waals surface area (Å²) >= 11 is 0. The first-order chi connectivity index (χ1) is 4.86. The third-order valence-corrected chi connectivity index (χ3v) is 3.05. The summed E-state index contributed by atoms with van der Waals surface area (Å²) in [5, 5.41) is 0. The Balaban J connectivity index is 1.82. The first-order valence-corrected chi connectivity index (χ1v) is 4.60. The van der Waals surface area contributed by atoms with E-state index in [2.05, 4.69) is 11.8 Å². The Kier molecular flexibility index (Phi) is 1.69. The number of nitrogens with zero attached hydrogens (tertiary/aromatic N) is 1. The number of hydrogen-bond acceptors (Lipinski definition) is 1. The summed E-state index contributed by atoms with van der Waals surface area (Å²) in [5.74, 6) is 0.973. The van der Waals surface area contributed by atoms with Crippen molar-refractivity contribution in [3.8, 4) is 0 Å². The van der Waals surface area contributed by atoms with Crippen molar-refractivity contribution in [3.63, 3.8) is 0 Å². The van der Waals surface area contributed by atoms with Gasteiger partial charge >= 0.3 is 0 Å². The highest BCUT2D eigenvalue weighted by molar-refractivity contribution is 4.84. The molecule has 0 bridgehead atoms. The summed E-state index contributed by atoms with van der Waals surface area (Å²) in [5.41, 5.74) is 0. The molecule has 1 saturated carbocycles. The molecule has 2 fully saturated rings. The van der Waals surface area contributed by atoms with Gasteiger partial charge in [0.05, 0.1) is 0 Å². The van der Waals surface area contributed by atoms with Gasteiger partial charge in [0.15, 0.2) is 0 Å². The Morgan fingerprint density at radius 3 is 2.40 bits per heavy atom. The van der Waals surface area contributed by atoms with Crippen LogP contribution in [0.2, 0.25) is 0 Å². The third-order valence-electron chi connectivity index (χ3n) is 3.05. The van der Waals surface area contributed by atoms with Gasteiger partial charge in [0, 0.05) is 12.6 Å². The molecule has 58 valence electrons. The fourth-order valence-corrected chi connectivity index (χ4v) is 2.05. The van der Waals surface area contributed by atoms with E-state index >= 15 is 0 Å². The van der Waals surface area contributed by atoms with Gasteiger partial charge in [-0.25, -0.2) is 0 Å². The lowest BCUT2D eigenvalue weighted by Crippen LogP contribution is -2.38. The van der Waals surface area contributed by atoms with Crippen LogP contribution in [0.25, 0.3) is 0 Å². The van der Waals surface area contributed by atoms with Gasteiger partial charge in [-0.3, -0.25) is 0 Å². The minimum Gasteiger partial charge on any atom is -0.300 e. The topological polar surface area (TPSA) is 3.24 Å². The quantitative estimate of drug-likeness (QED) is 0.536. The maximum Gasteiger partial charge on any atom is 0.00953 e. The van der Waals surface area contributed by atoms with Gasteiger partial charge in [-0.1, -0.05) is 13.3 Å². The largest absolute Gasteiger partial charge is 0.300 e. The fourth-order valence-electron chi connectivity index (χ4n) is 2.05. The van der Waals surface area contributed by atoms with E-state index in [9.17, 15) is 0 Å². The summed E-state index contributed by atoms with van der Waals surface area (Å²) in [6.45, 7) is 5.13. The summed E-state index contributed by atoms with van der Waals surface area (Å²) in [6.07, 6.45) is 5.88. The molecule has 0 aromatic carbocycles. The molecule has 1 saturated heterocycles. The molecule has 0 amide bonds. The molecule has 10 heavy (non-hydrogen) atoms. The summed E-state index contributed by atoms with van der Waals surface area (Å²) in [4.78, 5) is 2.69. The van der Waals surface area contributed by atoms with Crippen molar-refractivity contribution in [2.24, 2.45) is 5.92 Å². The van der Waals surface area contributed by atoms with Gasteiger partial charge in [-0.2, -0.15) is 0 Å². The molecule has 0 aromatic rings. The second-order valence-electron chi connectivity index (χ2n) is 3.97. The second-order valence-corrected chi connectivity index (χ2v) is 3.97. The van der Waals surface area contributed by atoms with Crippen LogP contribution < -0.4 is 0 Å². The van der Waals surface area contributed by atoms with Crippen molar-refractivity contribution in [2.75, 3.05) is 13.1 Å². The second kappa shape index (κ2) is 2.54. The Labute approximate surface area is 63.4 Å². The highest BCUT2D eigenvalue weighted by Crippen LogP contribution is 2.29. The minimum atomic E-state index is 0.973. The first kappa shape index (κ1) is 6.66. The molecular weight excluding hydrogens is 122 g/mol. The van der Waals surface area contributed by atoms with E-state index in [1.807, 2.05) is 0 Å². The molecular formula is C9H17N. The van der Waals surface area contributed by atoms with Gasteiger partial charge in [0.2, 0.25) is 0 Å². The normalized spacial score (nSPS) is 36.3. The first-order valence-electron chi connectivity index (χ1n) is 4.60. The number of hydrogen-bond donors (Lipinski definition) is 0. The molecule has 0 N–H and O–H groups in total. The van der Waals surface area contributed by atoms with Crippen molar-refractivity contribution < 1.29 is 0 Å². The highest BCUT2D eigenvalue weighted by atomic mass is 15.2. The molecule has 0 spiro atoms. The minimum absolute atomic E-state index is 0.973. The average Bonchev–Trinajstić information content (AvgIpc) is 2.10. The molecule has 0 unspecified atom stereocenters. The number of rotatable bonds is 1. The van der Waals surface area contributed by atoms with Crippen LogP contribution in [0, 0.1) is 5.92 Å². The van der Waals surface area contributed by atoms with Gasteiger partial charge in [-0.15, -0.1) is 0 Å². The molecule has 1 atom stereocenters. The SMILES string of the molecule is C[C@H]1CCN(C2CCC2)C1. The van der Waals surface area contributed by atoms with Gasteiger partial charge in [0.1, 0.15) is 0 Å². The van der Waals surface area contributed by atoms with Gasteiger partial charge < -0.3 is 4.90 Å². The molecule has 2 rings (SSSR count). The van der Waals surface area contributed by atoms with Crippen LogP contribution in [0.4, 0.5) is 0 Å². The molecule has 1 heterocycles. The number of likely N-dealkylation sites (tertiary alicyclic amines) is 1. The van der Waals surface area contributed by atoms with E-state index in [1.165, 1.54) is 38.8 Å². The van der Waals surface area contributed by atoms with Crippen molar-refractivity contribution in [1.29, 1.82) is 0 Å². The average molecular weight is 139 g/mol. The van der Waals surface area contributed by atoms with E-state index < -0.39 is 0 Å². The summed E-state index contributed by atoms with van der Waals surface area (Å²) in [6, 6.07) is 0.991. The van der Waals surface area contributed by atoms with Crippen molar-refractivity contribution >= 4 is 0 Å². The molecule has 1 aliphatic heterocycles. The van der Waals surface area contributed by atoms with E-state index in [0.717, 1.165) is 12.0 Å². The van der Waals surface area contributed by atoms with Crippen LogP contribution in [-0.2, 0) is 0 Å². The lowest BCUT2D eigenvalue weighted by Gasteiger charge is -2.34. The van der Waals surface area contributed by atoms with Crippen molar-refractivity contribution in [2.45, 2.75) is 38.6 Å². The zero-order valence-electron chi connectivity index (χ0n) is 6.84. The Morgan fingerprint density at radius 1 is 1.20 bits per heavy atom. The smallest absolute Gasteiger partial charge is 0.00953 e. The fraction of sp³-hybridized carbons (Fsp3) is 1.00. The van der Waals surface area contributed by atoms with Crippen LogP contribution in [0.15, 0.2) is 0 Å². The van der Waals surface area contributed by atoms with Crippen LogP contribution >= 0.6 is 0 Å². The van der Waals surface area contributed by atoms with Crippen molar-refractivity contribution in [1.82, 2.24) is 4.90 Å². The van der Waals surface area contributed by atoms with E-state index in [4.69, 9.17) is 0 Å². The maximum absolute atomic E-state index is 2.69. The van der Waals surface area contributed by atoms with Gasteiger partial charge in [0.25, 0.3) is 0 Å². The zero-order chi connectivity index (χ0) is 6.97. The van der Waals surface area contributed by atoms with E-state index in [-0.39, 0.29) is 0 Å². The molecule has 1 nitrogen and oxygen atoms in total. The van der Waals surface area contributed by atoms with Crippen molar-refractivity contribution in [3.05, 3.63) is 0 Å². The summed E-state index contributed by atoms with van der Waals surface area (Å²) < 4.78 is 0. The predicted molar refractivity (Wildman–Crippen MR) is 43.0 cm³/mol. The molecule has 0 radical (unpaired) electrons. The maximum atomic E-state index is 2.69. The highest BCUT2D eigenvalue weighted by Gasteiger charge is 2.29. The zero-order valence-corrected chi connectivity index (χ0v) is 6.84. The van der Waals surface area contributed by atoms with E-state index in [0.29, 0.717) is 0 Å². The Morgan fingerprint density at radius 2 is 2.00 bits per heavy atom. The van der Waals surface area contributed by atoms with Crippen LogP contribution in [0.1, 0.15) is 32.6 Å². The Bertz CT molecular complexity index is 118. The van der Waals surface area contributed by atoms with Crippen LogP contribution in [0.5, 0.6) is 0 Å². The third kappa shape index (κ3) is 1.07. The molecule has 0 aromatic heterocycles. The van der Waals surface area contributed by atoms with Crippen LogP contribution in [-0.4, -0.2) is 24.0 Å². The predicted octanol–water partition coefficient (Wildman–Crippen LogP) is 1.88. The Hall–Kier alpha value is -0.0400. The van der Waals surface area contributed by atoms with E-state index in [1.54, 1.807) is 0 Å². The summed E-state index contributed by atoms with van der Waals surface area (Å²) in [7, 11) is 0. The lowest BCUT2D eigenvalue weighted by molar-refractivity contribution is 0.154. The lowest BCUT2D eigenvalue weighted by atomic mass is 9.92. The monoisotopic (exact) mass is 139 g/mol. The molecule has 1 aliphatic carbocycles. The standard InChI is InChI=1S/C9H17N/c1-8-5-6-10(7-8)9-3-2-4-9/h8-9H,2-7H2,1H3/t8-/m0/s1. The molecule has 2 aliphatic rings.